The van der Waals surface area contributed by atoms with E-state index in [9.17, 15) is 0 Å². The molecule has 2 atom stereocenters. The van der Waals surface area contributed by atoms with E-state index in [1.807, 2.05) is 0 Å². The Hall–Kier alpha value is -1.20. The third kappa shape index (κ3) is 4.93. The van der Waals surface area contributed by atoms with Gasteiger partial charge in [-0.05, 0) is 63.2 Å². The first-order chi connectivity index (χ1) is 10.1. The molecule has 0 spiro atoms. The number of rotatable bonds is 4. The Morgan fingerprint density at radius 1 is 1.57 bits per heavy atom. The van der Waals surface area contributed by atoms with Gasteiger partial charge in [-0.15, -0.1) is 0 Å². The summed E-state index contributed by atoms with van der Waals surface area (Å²) >= 11 is 5.25. The maximum atomic E-state index is 5.55. The number of nitrogens with one attached hydrogen (secondary N) is 2. The fourth-order valence-electron chi connectivity index (χ4n) is 2.59. The maximum Gasteiger partial charge on any atom is 0.187 e. The molecule has 0 amide bonds. The molecule has 2 aliphatic rings. The third-order valence-electron chi connectivity index (χ3n) is 4.11. The molecule has 0 saturated carbocycles. The molecule has 2 N–H and O–H groups in total. The Kier molecular flexibility index (Phi) is 5.94. The van der Waals surface area contributed by atoms with E-state index in [2.05, 4.69) is 42.3 Å². The number of hydrogen-bond donors (Lipinski definition) is 2. The monoisotopic (exact) mass is 307 g/mol. The Balaban J connectivity index is 1.81. The van der Waals surface area contributed by atoms with Crippen LogP contribution in [0.5, 0.6) is 0 Å². The minimum atomic E-state index is 0.279. The van der Waals surface area contributed by atoms with Crippen LogP contribution >= 0.6 is 12.2 Å². The Bertz CT molecular complexity index is 464. The lowest BCUT2D eigenvalue weighted by Gasteiger charge is -2.22. The van der Waals surface area contributed by atoms with Crippen LogP contribution in [0.25, 0.3) is 0 Å². The van der Waals surface area contributed by atoms with Crippen molar-refractivity contribution in [2.75, 3.05) is 13.2 Å². The molecule has 1 aliphatic heterocycles. The number of hydrazone groups is 1. The Morgan fingerprint density at radius 2 is 2.38 bits per heavy atom. The van der Waals surface area contributed by atoms with Gasteiger partial charge in [0.25, 0.3) is 0 Å². The van der Waals surface area contributed by atoms with E-state index in [-0.39, 0.29) is 6.10 Å². The SMILES string of the molecule is C=C(C)[C@@H]1CC=C(C)/C(=N\NC(=S)NC[C@H]2CCCO2)C1. The van der Waals surface area contributed by atoms with Gasteiger partial charge < -0.3 is 10.1 Å². The average Bonchev–Trinajstić information content (AvgIpc) is 2.97. The van der Waals surface area contributed by atoms with Crippen LogP contribution in [0.15, 0.2) is 28.9 Å². The zero-order chi connectivity index (χ0) is 15.2. The summed E-state index contributed by atoms with van der Waals surface area (Å²) < 4.78 is 5.55. The molecular formula is C16H25N3OS. The van der Waals surface area contributed by atoms with E-state index in [1.165, 1.54) is 11.1 Å². The molecule has 1 aliphatic carbocycles. The molecule has 0 aromatic heterocycles. The summed E-state index contributed by atoms with van der Waals surface area (Å²) in [7, 11) is 0. The first-order valence-electron chi connectivity index (χ1n) is 7.60. The van der Waals surface area contributed by atoms with Gasteiger partial charge in [-0.1, -0.05) is 18.2 Å². The molecule has 0 aromatic rings. The van der Waals surface area contributed by atoms with Crippen molar-refractivity contribution in [1.82, 2.24) is 10.7 Å². The highest BCUT2D eigenvalue weighted by atomic mass is 32.1. The fraction of sp³-hybridized carbons (Fsp3) is 0.625. The third-order valence-corrected chi connectivity index (χ3v) is 4.34. The summed E-state index contributed by atoms with van der Waals surface area (Å²) in [5.74, 6) is 0.489. The zero-order valence-electron chi connectivity index (χ0n) is 12.9. The Morgan fingerprint density at radius 3 is 3.05 bits per heavy atom. The minimum absolute atomic E-state index is 0.279. The quantitative estimate of drug-likeness (QED) is 0.476. The molecule has 2 rings (SSSR count). The van der Waals surface area contributed by atoms with Crippen LogP contribution in [-0.4, -0.2) is 30.1 Å². The van der Waals surface area contributed by atoms with Gasteiger partial charge in [0.2, 0.25) is 0 Å². The molecule has 116 valence electrons. The van der Waals surface area contributed by atoms with E-state index >= 15 is 0 Å². The first-order valence-corrected chi connectivity index (χ1v) is 8.01. The van der Waals surface area contributed by atoms with Gasteiger partial charge in [-0.25, -0.2) is 0 Å². The Labute approximate surface area is 132 Å². The van der Waals surface area contributed by atoms with Crippen molar-refractivity contribution in [1.29, 1.82) is 0 Å². The molecule has 1 heterocycles. The van der Waals surface area contributed by atoms with Crippen LogP contribution in [-0.2, 0) is 4.74 Å². The molecular weight excluding hydrogens is 282 g/mol. The normalized spacial score (nSPS) is 27.3. The molecule has 1 fully saturated rings. The van der Waals surface area contributed by atoms with E-state index < -0.39 is 0 Å². The highest BCUT2D eigenvalue weighted by molar-refractivity contribution is 7.80. The lowest BCUT2D eigenvalue weighted by molar-refractivity contribution is 0.114. The highest BCUT2D eigenvalue weighted by Gasteiger charge is 2.19. The minimum Gasteiger partial charge on any atom is -0.376 e. The zero-order valence-corrected chi connectivity index (χ0v) is 13.8. The predicted octanol–water partition coefficient (Wildman–Crippen LogP) is 2.92. The fourth-order valence-corrected chi connectivity index (χ4v) is 2.72. The molecule has 0 radical (unpaired) electrons. The van der Waals surface area contributed by atoms with Crippen molar-refractivity contribution in [3.05, 3.63) is 23.8 Å². The van der Waals surface area contributed by atoms with Crippen LogP contribution in [0.2, 0.25) is 0 Å². The number of allylic oxidation sites excluding steroid dienone is 3. The van der Waals surface area contributed by atoms with Crippen molar-refractivity contribution < 1.29 is 4.74 Å². The second kappa shape index (κ2) is 7.71. The molecule has 0 unspecified atom stereocenters. The van der Waals surface area contributed by atoms with Crippen LogP contribution < -0.4 is 10.7 Å². The van der Waals surface area contributed by atoms with E-state index in [1.54, 1.807) is 0 Å². The summed E-state index contributed by atoms with van der Waals surface area (Å²) in [6, 6.07) is 0. The van der Waals surface area contributed by atoms with Crippen molar-refractivity contribution in [2.45, 2.75) is 45.6 Å². The summed E-state index contributed by atoms with van der Waals surface area (Å²) in [6.07, 6.45) is 6.74. The second-order valence-electron chi connectivity index (χ2n) is 5.89. The number of ether oxygens (including phenoxy) is 1. The van der Waals surface area contributed by atoms with Gasteiger partial charge in [0, 0.05) is 13.2 Å². The molecule has 21 heavy (non-hydrogen) atoms. The largest absolute Gasteiger partial charge is 0.376 e. The van der Waals surface area contributed by atoms with Gasteiger partial charge in [-0.3, -0.25) is 5.43 Å². The van der Waals surface area contributed by atoms with Crippen molar-refractivity contribution in [3.63, 3.8) is 0 Å². The van der Waals surface area contributed by atoms with Gasteiger partial charge >= 0.3 is 0 Å². The van der Waals surface area contributed by atoms with Gasteiger partial charge in [0.1, 0.15) is 0 Å². The molecule has 1 saturated heterocycles. The van der Waals surface area contributed by atoms with Gasteiger partial charge in [0.15, 0.2) is 5.11 Å². The lowest BCUT2D eigenvalue weighted by atomic mass is 9.85. The standard InChI is InChI=1S/C16H25N3OS/c1-11(2)13-7-6-12(3)15(9-13)18-19-16(21)17-10-14-5-4-8-20-14/h6,13-14H,1,4-5,7-10H2,2-3H3,(H2,17,19,21)/b18-15-/t13-,14-/m1/s1. The van der Waals surface area contributed by atoms with Crippen LogP contribution in [0.4, 0.5) is 0 Å². The molecule has 4 nitrogen and oxygen atoms in total. The lowest BCUT2D eigenvalue weighted by Crippen LogP contribution is -2.37. The number of thiocarbonyl (C=S) groups is 1. The van der Waals surface area contributed by atoms with Crippen LogP contribution in [0.1, 0.15) is 39.5 Å². The molecule has 0 bridgehead atoms. The molecule has 5 heteroatoms. The first kappa shape index (κ1) is 16.2. The van der Waals surface area contributed by atoms with Crippen molar-refractivity contribution >= 4 is 23.0 Å². The number of hydrogen-bond acceptors (Lipinski definition) is 3. The second-order valence-corrected chi connectivity index (χ2v) is 6.29. The van der Waals surface area contributed by atoms with Crippen molar-refractivity contribution in [2.24, 2.45) is 11.0 Å². The number of nitrogens with zero attached hydrogens (tertiary/aromatic N) is 1. The highest BCUT2D eigenvalue weighted by Crippen LogP contribution is 2.26. The topological polar surface area (TPSA) is 45.7 Å². The van der Waals surface area contributed by atoms with E-state index in [4.69, 9.17) is 17.0 Å². The molecule has 0 aromatic carbocycles. The maximum absolute atomic E-state index is 5.55. The smallest absolute Gasteiger partial charge is 0.187 e. The van der Waals surface area contributed by atoms with Crippen LogP contribution in [0.3, 0.4) is 0 Å². The van der Waals surface area contributed by atoms with Crippen molar-refractivity contribution in [3.8, 4) is 0 Å². The predicted molar refractivity (Wildman–Crippen MR) is 91.4 cm³/mol. The summed E-state index contributed by atoms with van der Waals surface area (Å²) in [5.41, 5.74) is 6.45. The summed E-state index contributed by atoms with van der Waals surface area (Å²) in [6.45, 7) is 9.84. The van der Waals surface area contributed by atoms with Crippen LogP contribution in [0, 0.1) is 5.92 Å². The summed E-state index contributed by atoms with van der Waals surface area (Å²) in [4.78, 5) is 0. The average molecular weight is 307 g/mol. The van der Waals surface area contributed by atoms with Gasteiger partial charge in [0.05, 0.1) is 11.8 Å². The van der Waals surface area contributed by atoms with Gasteiger partial charge in [-0.2, -0.15) is 5.10 Å². The van der Waals surface area contributed by atoms with E-state index in [0.29, 0.717) is 11.0 Å². The summed E-state index contributed by atoms with van der Waals surface area (Å²) in [5, 5.41) is 8.18. The van der Waals surface area contributed by atoms with E-state index in [0.717, 1.165) is 44.5 Å².